The molecule has 0 spiro atoms. The largest absolute Gasteiger partial charge is 0.417 e. The number of amides is 1. The van der Waals surface area contributed by atoms with Crippen LogP contribution in [0, 0.1) is 0 Å². The van der Waals surface area contributed by atoms with E-state index in [-0.39, 0.29) is 24.8 Å². The Hall–Kier alpha value is -2.13. The number of aromatic nitrogens is 2. The minimum atomic E-state index is -4.61. The monoisotopic (exact) mass is 376 g/mol. The number of rotatable bonds is 4. The zero-order chi connectivity index (χ0) is 17.4. The number of nitrogens with zero attached hydrogens (tertiary/aromatic N) is 2. The summed E-state index contributed by atoms with van der Waals surface area (Å²) < 4.78 is 43.7. The molecule has 0 saturated heterocycles. The Morgan fingerprint density at radius 3 is 2.60 bits per heavy atom. The van der Waals surface area contributed by atoms with Gasteiger partial charge in [-0.2, -0.15) is 18.2 Å². The highest BCUT2D eigenvalue weighted by Gasteiger charge is 2.39. The predicted molar refractivity (Wildman–Crippen MR) is 83.9 cm³/mol. The van der Waals surface area contributed by atoms with Gasteiger partial charge in [-0.1, -0.05) is 17.3 Å². The quantitative estimate of drug-likeness (QED) is 0.855. The van der Waals surface area contributed by atoms with Gasteiger partial charge >= 0.3 is 6.18 Å². The Morgan fingerprint density at radius 1 is 1.32 bits per heavy atom. The number of nitrogens with one attached hydrogen (secondary N) is 1. The molecule has 2 aromatic rings. The van der Waals surface area contributed by atoms with E-state index in [9.17, 15) is 18.0 Å². The molecule has 1 aliphatic carbocycles. The number of carbonyl (C=O) groups is 1. The Kier molecular flexibility index (Phi) is 5.38. The summed E-state index contributed by atoms with van der Waals surface area (Å²) >= 11 is 0. The Bertz CT molecular complexity index is 759. The van der Waals surface area contributed by atoms with Crippen molar-refractivity contribution >= 4 is 18.3 Å². The number of hydrogen-bond acceptors (Lipinski definition) is 5. The number of alkyl halides is 3. The number of benzene rings is 1. The molecule has 0 atom stereocenters. The Labute approximate surface area is 147 Å². The average molecular weight is 377 g/mol. The fourth-order valence-corrected chi connectivity index (χ4v) is 2.49. The molecule has 1 aromatic carbocycles. The van der Waals surface area contributed by atoms with Crippen molar-refractivity contribution in [2.75, 3.05) is 0 Å². The van der Waals surface area contributed by atoms with Gasteiger partial charge in [0.25, 0.3) is 5.91 Å². The molecule has 1 amide bonds. The van der Waals surface area contributed by atoms with Crippen molar-refractivity contribution in [2.24, 2.45) is 5.73 Å². The SMILES string of the molecule is Cl.NC1(c2noc(CNC(=O)c3ccccc3C(F)(F)F)n2)CCC1. The van der Waals surface area contributed by atoms with Gasteiger partial charge in [0.1, 0.15) is 0 Å². The second kappa shape index (κ2) is 7.01. The first kappa shape index (κ1) is 19.2. The van der Waals surface area contributed by atoms with Gasteiger partial charge in [-0.25, -0.2) is 0 Å². The molecule has 25 heavy (non-hydrogen) atoms. The van der Waals surface area contributed by atoms with Crippen molar-refractivity contribution in [3.8, 4) is 0 Å². The number of nitrogens with two attached hydrogens (primary N) is 1. The molecular weight excluding hydrogens is 361 g/mol. The first-order valence-electron chi connectivity index (χ1n) is 7.36. The molecule has 136 valence electrons. The van der Waals surface area contributed by atoms with Crippen molar-refractivity contribution in [2.45, 2.75) is 37.5 Å². The molecule has 0 aliphatic heterocycles. The lowest BCUT2D eigenvalue weighted by Gasteiger charge is -2.34. The van der Waals surface area contributed by atoms with Gasteiger partial charge in [0.15, 0.2) is 5.82 Å². The third-order valence-electron chi connectivity index (χ3n) is 4.04. The van der Waals surface area contributed by atoms with E-state index in [0.29, 0.717) is 5.82 Å². The zero-order valence-corrected chi connectivity index (χ0v) is 13.8. The molecule has 6 nitrogen and oxygen atoms in total. The van der Waals surface area contributed by atoms with Crippen LogP contribution in [0.5, 0.6) is 0 Å². The van der Waals surface area contributed by atoms with Crippen molar-refractivity contribution in [1.82, 2.24) is 15.5 Å². The van der Waals surface area contributed by atoms with Crippen LogP contribution in [0.1, 0.15) is 46.9 Å². The topological polar surface area (TPSA) is 94.0 Å². The lowest BCUT2D eigenvalue weighted by Crippen LogP contribution is -2.44. The van der Waals surface area contributed by atoms with Gasteiger partial charge in [0, 0.05) is 0 Å². The Morgan fingerprint density at radius 2 is 2.00 bits per heavy atom. The van der Waals surface area contributed by atoms with E-state index < -0.39 is 28.7 Å². The molecule has 3 rings (SSSR count). The Balaban J connectivity index is 0.00000225. The van der Waals surface area contributed by atoms with Crippen molar-refractivity contribution in [3.05, 3.63) is 47.1 Å². The minimum Gasteiger partial charge on any atom is -0.343 e. The van der Waals surface area contributed by atoms with Crippen molar-refractivity contribution in [1.29, 1.82) is 0 Å². The summed E-state index contributed by atoms with van der Waals surface area (Å²) in [5.41, 5.74) is 4.00. The maximum absolute atomic E-state index is 12.9. The predicted octanol–water partition coefficient (Wildman–Crippen LogP) is 2.78. The number of halogens is 4. The van der Waals surface area contributed by atoms with Crippen LogP contribution in [0.3, 0.4) is 0 Å². The highest BCUT2D eigenvalue weighted by molar-refractivity contribution is 5.95. The number of hydrogen-bond donors (Lipinski definition) is 2. The molecule has 1 aromatic heterocycles. The fourth-order valence-electron chi connectivity index (χ4n) is 2.49. The summed E-state index contributed by atoms with van der Waals surface area (Å²) in [7, 11) is 0. The summed E-state index contributed by atoms with van der Waals surface area (Å²) in [6.07, 6.45) is -2.14. The third-order valence-corrected chi connectivity index (χ3v) is 4.04. The van der Waals surface area contributed by atoms with Crippen LogP contribution >= 0.6 is 12.4 Å². The maximum atomic E-state index is 12.9. The van der Waals surface area contributed by atoms with Gasteiger partial charge in [0.05, 0.1) is 23.2 Å². The molecule has 1 aliphatic rings. The summed E-state index contributed by atoms with van der Waals surface area (Å²) in [5.74, 6) is -0.415. The van der Waals surface area contributed by atoms with E-state index in [1.54, 1.807) is 0 Å². The van der Waals surface area contributed by atoms with E-state index in [1.165, 1.54) is 12.1 Å². The molecule has 0 unspecified atom stereocenters. The van der Waals surface area contributed by atoms with E-state index >= 15 is 0 Å². The standard InChI is InChI=1S/C15H15F3N4O2.ClH/c16-15(17,18)10-5-2-1-4-9(10)12(23)20-8-11-21-13(22-24-11)14(19)6-3-7-14;/h1-2,4-5H,3,6-8,19H2,(H,20,23);1H. The van der Waals surface area contributed by atoms with Crippen LogP contribution in [0.25, 0.3) is 0 Å². The molecule has 1 saturated carbocycles. The summed E-state index contributed by atoms with van der Waals surface area (Å²) in [5, 5.41) is 6.13. The highest BCUT2D eigenvalue weighted by Crippen LogP contribution is 2.36. The van der Waals surface area contributed by atoms with Crippen molar-refractivity contribution < 1.29 is 22.5 Å². The smallest absolute Gasteiger partial charge is 0.343 e. The van der Waals surface area contributed by atoms with Crippen molar-refractivity contribution in [3.63, 3.8) is 0 Å². The van der Waals surface area contributed by atoms with Crippen LogP contribution in [-0.4, -0.2) is 16.0 Å². The molecule has 0 radical (unpaired) electrons. The van der Waals surface area contributed by atoms with E-state index in [1.807, 2.05) is 0 Å². The second-order valence-electron chi connectivity index (χ2n) is 5.75. The summed E-state index contributed by atoms with van der Waals surface area (Å²) in [6.45, 7) is -0.173. The molecule has 10 heteroatoms. The van der Waals surface area contributed by atoms with E-state index in [0.717, 1.165) is 31.4 Å². The molecule has 0 bridgehead atoms. The van der Waals surface area contributed by atoms with Crippen LogP contribution in [-0.2, 0) is 18.3 Å². The lowest BCUT2D eigenvalue weighted by molar-refractivity contribution is -0.137. The van der Waals surface area contributed by atoms with Crippen LogP contribution < -0.4 is 11.1 Å². The summed E-state index contributed by atoms with van der Waals surface area (Å²) in [4.78, 5) is 16.1. The summed E-state index contributed by atoms with van der Waals surface area (Å²) in [6, 6.07) is 4.56. The first-order valence-corrected chi connectivity index (χ1v) is 7.36. The normalized spacial score (nSPS) is 15.8. The maximum Gasteiger partial charge on any atom is 0.417 e. The van der Waals surface area contributed by atoms with Crippen LogP contribution in [0.4, 0.5) is 13.2 Å². The molecule has 1 fully saturated rings. The molecular formula is C15H16ClF3N4O2. The van der Waals surface area contributed by atoms with Crippen LogP contribution in [0.15, 0.2) is 28.8 Å². The van der Waals surface area contributed by atoms with Gasteiger partial charge in [-0.3, -0.25) is 4.79 Å². The molecule has 3 N–H and O–H groups in total. The van der Waals surface area contributed by atoms with Gasteiger partial charge < -0.3 is 15.6 Å². The second-order valence-corrected chi connectivity index (χ2v) is 5.75. The minimum absolute atomic E-state index is 0. The van der Waals surface area contributed by atoms with Gasteiger partial charge in [0.2, 0.25) is 5.89 Å². The lowest BCUT2D eigenvalue weighted by atomic mass is 9.77. The molecule has 1 heterocycles. The van der Waals surface area contributed by atoms with E-state index in [4.69, 9.17) is 10.3 Å². The third kappa shape index (κ3) is 3.93. The van der Waals surface area contributed by atoms with E-state index in [2.05, 4.69) is 15.5 Å². The van der Waals surface area contributed by atoms with Gasteiger partial charge in [-0.15, -0.1) is 12.4 Å². The van der Waals surface area contributed by atoms with Gasteiger partial charge in [-0.05, 0) is 31.4 Å². The average Bonchev–Trinajstić information content (AvgIpc) is 2.98. The fraction of sp³-hybridized carbons (Fsp3) is 0.400. The van der Waals surface area contributed by atoms with Crippen LogP contribution in [0.2, 0.25) is 0 Å². The highest BCUT2D eigenvalue weighted by atomic mass is 35.5. The number of carbonyl (C=O) groups excluding carboxylic acids is 1. The zero-order valence-electron chi connectivity index (χ0n) is 13.0. The first-order chi connectivity index (χ1) is 11.3.